The average Bonchev–Trinajstić information content (AvgIpc) is 3.20. The third kappa shape index (κ3) is 6.04. The fourth-order valence-electron chi connectivity index (χ4n) is 3.02. The molecule has 1 amide bonds. The van der Waals surface area contributed by atoms with Gasteiger partial charge in [-0.1, -0.05) is 22.9 Å². The standard InChI is InChI=1S/C22H26ClN3O3S2/c1-25(2)12-5-13-26(19(27)14-30-16-8-6-15(23)7-9-16)22-24-20-17(28-3)10-11-18(29-4)21(20)31-22/h6-11H,5,12-14H2,1-4H3. The molecular formula is C22H26ClN3O3S2. The van der Waals surface area contributed by atoms with Gasteiger partial charge in [0.05, 0.1) is 20.0 Å². The largest absolute Gasteiger partial charge is 0.495 e. The Morgan fingerprint density at radius 1 is 1.06 bits per heavy atom. The van der Waals surface area contributed by atoms with Gasteiger partial charge in [0.1, 0.15) is 21.7 Å². The number of methoxy groups -OCH3 is 2. The molecule has 0 bridgehead atoms. The second kappa shape index (κ2) is 11.0. The Labute approximate surface area is 196 Å². The quantitative estimate of drug-likeness (QED) is 0.379. The van der Waals surface area contributed by atoms with Crippen molar-refractivity contribution in [3.8, 4) is 11.5 Å². The summed E-state index contributed by atoms with van der Waals surface area (Å²) in [6.07, 6.45) is 0.842. The summed E-state index contributed by atoms with van der Waals surface area (Å²) >= 11 is 8.89. The summed E-state index contributed by atoms with van der Waals surface area (Å²) in [7, 11) is 7.29. The minimum Gasteiger partial charge on any atom is -0.495 e. The van der Waals surface area contributed by atoms with Crippen molar-refractivity contribution in [2.45, 2.75) is 11.3 Å². The van der Waals surface area contributed by atoms with Crippen molar-refractivity contribution in [3.05, 3.63) is 41.4 Å². The number of thiazole rings is 1. The topological polar surface area (TPSA) is 54.9 Å². The SMILES string of the molecule is COc1ccc(OC)c2sc(N(CCCN(C)C)C(=O)CSc3ccc(Cl)cc3)nc12. The molecule has 1 heterocycles. The number of thioether (sulfide) groups is 1. The van der Waals surface area contributed by atoms with Crippen LogP contribution in [-0.2, 0) is 4.79 Å². The van der Waals surface area contributed by atoms with Crippen LogP contribution < -0.4 is 14.4 Å². The van der Waals surface area contributed by atoms with Crippen LogP contribution in [0.4, 0.5) is 5.13 Å². The highest BCUT2D eigenvalue weighted by atomic mass is 35.5. The first-order chi connectivity index (χ1) is 14.9. The Balaban J connectivity index is 1.86. The molecule has 0 saturated heterocycles. The Morgan fingerprint density at radius 2 is 1.74 bits per heavy atom. The van der Waals surface area contributed by atoms with Gasteiger partial charge in [0.15, 0.2) is 5.13 Å². The van der Waals surface area contributed by atoms with E-state index in [9.17, 15) is 4.79 Å². The molecule has 0 spiro atoms. The molecule has 2 aromatic carbocycles. The van der Waals surface area contributed by atoms with Crippen molar-refractivity contribution in [2.75, 3.05) is 52.1 Å². The summed E-state index contributed by atoms with van der Waals surface area (Å²) in [6, 6.07) is 11.2. The molecule has 31 heavy (non-hydrogen) atoms. The summed E-state index contributed by atoms with van der Waals surface area (Å²) in [5.41, 5.74) is 0.706. The average molecular weight is 480 g/mol. The Morgan fingerprint density at radius 3 is 2.39 bits per heavy atom. The van der Waals surface area contributed by atoms with Gasteiger partial charge in [0.2, 0.25) is 5.91 Å². The number of nitrogens with zero attached hydrogens (tertiary/aromatic N) is 3. The van der Waals surface area contributed by atoms with Crippen molar-refractivity contribution in [1.82, 2.24) is 9.88 Å². The smallest absolute Gasteiger partial charge is 0.239 e. The number of amides is 1. The van der Waals surface area contributed by atoms with Crippen LogP contribution in [0, 0.1) is 0 Å². The lowest BCUT2D eigenvalue weighted by molar-refractivity contribution is -0.116. The zero-order chi connectivity index (χ0) is 22.4. The monoisotopic (exact) mass is 479 g/mol. The maximum absolute atomic E-state index is 13.2. The number of aromatic nitrogens is 1. The molecule has 0 atom stereocenters. The van der Waals surface area contributed by atoms with Crippen LogP contribution in [0.25, 0.3) is 10.2 Å². The number of ether oxygens (including phenoxy) is 2. The molecule has 9 heteroatoms. The lowest BCUT2D eigenvalue weighted by atomic mass is 10.3. The second-order valence-corrected chi connectivity index (χ2v) is 9.55. The molecule has 0 unspecified atom stereocenters. The van der Waals surface area contributed by atoms with E-state index >= 15 is 0 Å². The predicted molar refractivity (Wildman–Crippen MR) is 130 cm³/mol. The third-order valence-corrected chi connectivity index (χ3v) is 6.94. The maximum atomic E-state index is 13.2. The first-order valence-corrected chi connectivity index (χ1v) is 12.0. The van der Waals surface area contributed by atoms with E-state index in [4.69, 9.17) is 26.1 Å². The van der Waals surface area contributed by atoms with Crippen molar-refractivity contribution in [3.63, 3.8) is 0 Å². The molecule has 0 aliphatic rings. The third-order valence-electron chi connectivity index (χ3n) is 4.59. The van der Waals surface area contributed by atoms with Gasteiger partial charge in [-0.05, 0) is 63.5 Å². The van der Waals surface area contributed by atoms with E-state index in [0.717, 1.165) is 28.3 Å². The summed E-state index contributed by atoms with van der Waals surface area (Å²) in [6.45, 7) is 1.47. The second-order valence-electron chi connectivity index (χ2n) is 7.09. The number of hydrogen-bond acceptors (Lipinski definition) is 7. The molecule has 0 aliphatic heterocycles. The van der Waals surface area contributed by atoms with Gasteiger partial charge in [-0.3, -0.25) is 9.69 Å². The van der Waals surface area contributed by atoms with Gasteiger partial charge in [-0.2, -0.15) is 0 Å². The number of benzene rings is 2. The zero-order valence-corrected chi connectivity index (χ0v) is 20.4. The Hall–Kier alpha value is -2.00. The highest BCUT2D eigenvalue weighted by Gasteiger charge is 2.22. The van der Waals surface area contributed by atoms with Gasteiger partial charge in [-0.15, -0.1) is 11.8 Å². The molecule has 1 aromatic heterocycles. The number of carbonyl (C=O) groups excluding carboxylic acids is 1. The van der Waals surface area contributed by atoms with Gasteiger partial charge in [0, 0.05) is 16.5 Å². The van der Waals surface area contributed by atoms with Crippen molar-refractivity contribution in [2.24, 2.45) is 0 Å². The van der Waals surface area contributed by atoms with E-state index in [0.29, 0.717) is 33.7 Å². The van der Waals surface area contributed by atoms with E-state index < -0.39 is 0 Å². The van der Waals surface area contributed by atoms with Crippen LogP contribution in [0.2, 0.25) is 5.02 Å². The van der Waals surface area contributed by atoms with Crippen LogP contribution in [0.1, 0.15) is 6.42 Å². The van der Waals surface area contributed by atoms with Crippen LogP contribution in [0.5, 0.6) is 11.5 Å². The molecule has 0 aliphatic carbocycles. The zero-order valence-electron chi connectivity index (χ0n) is 18.1. The van der Waals surface area contributed by atoms with E-state index in [2.05, 4.69) is 4.90 Å². The number of hydrogen-bond donors (Lipinski definition) is 0. The number of anilines is 1. The number of halogens is 1. The minimum atomic E-state index is 0.00990. The first-order valence-electron chi connectivity index (χ1n) is 9.78. The molecule has 0 saturated carbocycles. The maximum Gasteiger partial charge on any atom is 0.239 e. The molecule has 3 rings (SSSR count). The normalized spacial score (nSPS) is 11.2. The van der Waals surface area contributed by atoms with Crippen molar-refractivity contribution >= 4 is 56.0 Å². The summed E-state index contributed by atoms with van der Waals surface area (Å²) in [5.74, 6) is 1.70. The van der Waals surface area contributed by atoms with Gasteiger partial charge in [0.25, 0.3) is 0 Å². The fraction of sp³-hybridized carbons (Fsp3) is 0.364. The van der Waals surface area contributed by atoms with Crippen LogP contribution in [-0.4, -0.2) is 62.9 Å². The summed E-state index contributed by atoms with van der Waals surface area (Å²) in [4.78, 5) is 22.9. The highest BCUT2D eigenvalue weighted by Crippen LogP contribution is 2.40. The molecule has 0 N–H and O–H groups in total. The van der Waals surface area contributed by atoms with Crippen LogP contribution >= 0.6 is 34.7 Å². The minimum absolute atomic E-state index is 0.00990. The van der Waals surface area contributed by atoms with Gasteiger partial charge in [-0.25, -0.2) is 4.98 Å². The number of fused-ring (bicyclic) bond motifs is 1. The molecule has 166 valence electrons. The lowest BCUT2D eigenvalue weighted by Crippen LogP contribution is -2.34. The van der Waals surface area contributed by atoms with E-state index in [1.807, 2.05) is 50.5 Å². The molecular weight excluding hydrogens is 454 g/mol. The van der Waals surface area contributed by atoms with Crippen LogP contribution in [0.3, 0.4) is 0 Å². The van der Waals surface area contributed by atoms with Crippen molar-refractivity contribution in [1.29, 1.82) is 0 Å². The predicted octanol–water partition coefficient (Wildman–Crippen LogP) is 5.04. The molecule has 6 nitrogen and oxygen atoms in total. The first kappa shape index (κ1) is 23.7. The summed E-state index contributed by atoms with van der Waals surface area (Å²) in [5, 5.41) is 1.33. The van der Waals surface area contributed by atoms with E-state index in [1.165, 1.54) is 23.1 Å². The highest BCUT2D eigenvalue weighted by molar-refractivity contribution is 8.00. The molecule has 0 radical (unpaired) electrons. The number of carbonyl (C=O) groups is 1. The Kier molecular flexibility index (Phi) is 8.43. The van der Waals surface area contributed by atoms with E-state index in [1.54, 1.807) is 19.1 Å². The van der Waals surface area contributed by atoms with Crippen molar-refractivity contribution < 1.29 is 14.3 Å². The lowest BCUT2D eigenvalue weighted by Gasteiger charge is -2.21. The van der Waals surface area contributed by atoms with Crippen LogP contribution in [0.15, 0.2) is 41.3 Å². The number of rotatable bonds is 10. The Bertz CT molecular complexity index is 984. The van der Waals surface area contributed by atoms with Gasteiger partial charge >= 0.3 is 0 Å². The van der Waals surface area contributed by atoms with Gasteiger partial charge < -0.3 is 14.4 Å². The fourth-order valence-corrected chi connectivity index (χ4v) is 5.03. The molecule has 3 aromatic rings. The van der Waals surface area contributed by atoms with E-state index in [-0.39, 0.29) is 5.91 Å². The molecule has 0 fully saturated rings. The summed E-state index contributed by atoms with van der Waals surface area (Å²) < 4.78 is 11.8.